The fraction of sp³-hybridized carbons (Fsp3) is 0.412. The fourth-order valence-corrected chi connectivity index (χ4v) is 2.37. The fourth-order valence-electron chi connectivity index (χ4n) is 2.37. The van der Waals surface area contributed by atoms with E-state index in [9.17, 15) is 9.59 Å². The predicted molar refractivity (Wildman–Crippen MR) is 84.4 cm³/mol. The van der Waals surface area contributed by atoms with Crippen LogP contribution in [0.25, 0.3) is 10.9 Å². The molecular formula is C17H22N2O2. The number of aromatic amines is 1. The summed E-state index contributed by atoms with van der Waals surface area (Å²) in [5.74, 6) is -0.00955. The molecule has 21 heavy (non-hydrogen) atoms. The number of rotatable bonds is 6. The summed E-state index contributed by atoms with van der Waals surface area (Å²) in [6, 6.07) is 4.34. The van der Waals surface area contributed by atoms with Gasteiger partial charge in [0.2, 0.25) is 5.91 Å². The third-order valence-electron chi connectivity index (χ3n) is 3.80. The van der Waals surface area contributed by atoms with Gasteiger partial charge in [-0.05, 0) is 56.0 Å². The maximum atomic E-state index is 11.6. The molecule has 2 N–H and O–H groups in total. The molecule has 0 atom stereocenters. The van der Waals surface area contributed by atoms with Crippen molar-refractivity contribution in [1.29, 1.82) is 0 Å². The number of Topliss-reactive ketones (excluding diaryl/α,β-unsaturated/α-hetero) is 1. The zero-order valence-electron chi connectivity index (χ0n) is 12.9. The quantitative estimate of drug-likeness (QED) is 0.857. The van der Waals surface area contributed by atoms with Crippen LogP contribution in [0.2, 0.25) is 0 Å². The molecular weight excluding hydrogens is 264 g/mol. The van der Waals surface area contributed by atoms with Crippen molar-refractivity contribution in [1.82, 2.24) is 10.3 Å². The second kappa shape index (κ2) is 6.57. The normalized spacial score (nSPS) is 10.8. The lowest BCUT2D eigenvalue weighted by atomic mass is 10.0. The molecule has 0 radical (unpaired) electrons. The molecule has 0 aliphatic carbocycles. The Morgan fingerprint density at radius 3 is 2.57 bits per heavy atom. The first-order valence-electron chi connectivity index (χ1n) is 7.30. The first-order chi connectivity index (χ1) is 9.97. The van der Waals surface area contributed by atoms with Gasteiger partial charge in [-0.1, -0.05) is 0 Å². The number of amides is 1. The monoisotopic (exact) mass is 286 g/mol. The summed E-state index contributed by atoms with van der Waals surface area (Å²) in [7, 11) is 0. The van der Waals surface area contributed by atoms with Gasteiger partial charge in [-0.15, -0.1) is 0 Å². The maximum Gasteiger partial charge on any atom is 0.220 e. The Hall–Kier alpha value is -2.10. The Labute approximate surface area is 124 Å². The lowest BCUT2D eigenvalue weighted by Crippen LogP contribution is -2.25. The highest BCUT2D eigenvalue weighted by molar-refractivity contribution is 5.85. The SMILES string of the molecule is CC(=O)CCC(=O)NCCc1c[nH]c2cc(C)c(C)cc12. The number of H-pyrrole nitrogens is 1. The van der Waals surface area contributed by atoms with Crippen molar-refractivity contribution in [3.63, 3.8) is 0 Å². The van der Waals surface area contributed by atoms with Crippen LogP contribution >= 0.6 is 0 Å². The lowest BCUT2D eigenvalue weighted by Gasteiger charge is -2.05. The summed E-state index contributed by atoms with van der Waals surface area (Å²) in [4.78, 5) is 25.7. The summed E-state index contributed by atoms with van der Waals surface area (Å²) in [5, 5.41) is 4.08. The Kier molecular flexibility index (Phi) is 4.78. The van der Waals surface area contributed by atoms with Crippen molar-refractivity contribution in [3.8, 4) is 0 Å². The van der Waals surface area contributed by atoms with E-state index in [1.807, 2.05) is 6.20 Å². The lowest BCUT2D eigenvalue weighted by molar-refractivity contribution is -0.124. The summed E-state index contributed by atoms with van der Waals surface area (Å²) >= 11 is 0. The van der Waals surface area contributed by atoms with Gasteiger partial charge in [-0.2, -0.15) is 0 Å². The largest absolute Gasteiger partial charge is 0.361 e. The first-order valence-corrected chi connectivity index (χ1v) is 7.30. The molecule has 2 rings (SSSR count). The number of aromatic nitrogens is 1. The van der Waals surface area contributed by atoms with Crippen LogP contribution in [0.4, 0.5) is 0 Å². The molecule has 4 nitrogen and oxygen atoms in total. The van der Waals surface area contributed by atoms with E-state index in [4.69, 9.17) is 0 Å². The van der Waals surface area contributed by atoms with Gasteiger partial charge in [-0.25, -0.2) is 0 Å². The third kappa shape index (κ3) is 3.94. The van der Waals surface area contributed by atoms with Gasteiger partial charge >= 0.3 is 0 Å². The van der Waals surface area contributed by atoms with Gasteiger partial charge in [0, 0.05) is 36.5 Å². The smallest absolute Gasteiger partial charge is 0.220 e. The summed E-state index contributed by atoms with van der Waals surface area (Å²) in [5.41, 5.74) is 4.89. The van der Waals surface area contributed by atoms with Crippen molar-refractivity contribution >= 4 is 22.6 Å². The van der Waals surface area contributed by atoms with Crippen LogP contribution in [0, 0.1) is 13.8 Å². The minimum atomic E-state index is -0.0583. The predicted octanol–water partition coefficient (Wildman–Crippen LogP) is 2.81. The molecule has 1 amide bonds. The van der Waals surface area contributed by atoms with E-state index in [0.29, 0.717) is 13.0 Å². The number of hydrogen-bond donors (Lipinski definition) is 2. The van der Waals surface area contributed by atoms with E-state index < -0.39 is 0 Å². The molecule has 0 saturated carbocycles. The van der Waals surface area contributed by atoms with Gasteiger partial charge in [0.15, 0.2) is 0 Å². The first kappa shape index (κ1) is 15.3. The Bertz CT molecular complexity index is 671. The highest BCUT2D eigenvalue weighted by Gasteiger charge is 2.07. The van der Waals surface area contributed by atoms with E-state index in [-0.39, 0.29) is 18.1 Å². The van der Waals surface area contributed by atoms with Crippen molar-refractivity contribution in [2.24, 2.45) is 0 Å². The summed E-state index contributed by atoms with van der Waals surface area (Å²) in [6.45, 7) is 6.31. The van der Waals surface area contributed by atoms with Gasteiger partial charge in [-0.3, -0.25) is 4.79 Å². The molecule has 1 aromatic heterocycles. The van der Waals surface area contributed by atoms with Crippen molar-refractivity contribution < 1.29 is 9.59 Å². The topological polar surface area (TPSA) is 62.0 Å². The van der Waals surface area contributed by atoms with Gasteiger partial charge in [0.1, 0.15) is 5.78 Å². The van der Waals surface area contributed by atoms with Crippen LogP contribution in [0.3, 0.4) is 0 Å². The van der Waals surface area contributed by atoms with Crippen LogP contribution in [0.15, 0.2) is 18.3 Å². The molecule has 0 saturated heterocycles. The van der Waals surface area contributed by atoms with Gasteiger partial charge < -0.3 is 15.1 Å². The van der Waals surface area contributed by atoms with Crippen molar-refractivity contribution in [2.75, 3.05) is 6.54 Å². The molecule has 112 valence electrons. The molecule has 0 aliphatic rings. The molecule has 1 aromatic carbocycles. The number of ketones is 1. The molecule has 2 aromatic rings. The molecule has 0 unspecified atom stereocenters. The van der Waals surface area contributed by atoms with E-state index in [0.717, 1.165) is 11.9 Å². The minimum Gasteiger partial charge on any atom is -0.361 e. The number of fused-ring (bicyclic) bond motifs is 1. The molecule has 1 heterocycles. The number of carbonyl (C=O) groups excluding carboxylic acids is 2. The highest BCUT2D eigenvalue weighted by atomic mass is 16.2. The summed E-state index contributed by atoms with van der Waals surface area (Å²) in [6.07, 6.45) is 3.39. The number of nitrogens with one attached hydrogen (secondary N) is 2. The molecule has 4 heteroatoms. The summed E-state index contributed by atoms with van der Waals surface area (Å²) < 4.78 is 0. The Morgan fingerprint density at radius 1 is 1.14 bits per heavy atom. The second-order valence-corrected chi connectivity index (χ2v) is 5.60. The third-order valence-corrected chi connectivity index (χ3v) is 3.80. The number of benzene rings is 1. The molecule has 0 bridgehead atoms. The average molecular weight is 286 g/mol. The second-order valence-electron chi connectivity index (χ2n) is 5.60. The van der Waals surface area contributed by atoms with Crippen LogP contribution in [-0.4, -0.2) is 23.2 Å². The standard InChI is InChI=1S/C17H22N2O2/c1-11-8-15-14(10-19-16(15)9-12(11)2)6-7-18-17(21)5-4-13(3)20/h8-10,19H,4-7H2,1-3H3,(H,18,21). The molecule has 0 spiro atoms. The minimum absolute atomic E-state index is 0.0487. The van der Waals surface area contributed by atoms with Crippen LogP contribution in [-0.2, 0) is 16.0 Å². The highest BCUT2D eigenvalue weighted by Crippen LogP contribution is 2.22. The van der Waals surface area contributed by atoms with E-state index >= 15 is 0 Å². The zero-order chi connectivity index (χ0) is 15.4. The Balaban J connectivity index is 1.93. The maximum absolute atomic E-state index is 11.6. The van der Waals surface area contributed by atoms with Crippen LogP contribution in [0.5, 0.6) is 0 Å². The number of carbonyl (C=O) groups is 2. The van der Waals surface area contributed by atoms with E-state index in [2.05, 4.69) is 36.3 Å². The number of hydrogen-bond acceptors (Lipinski definition) is 2. The van der Waals surface area contributed by atoms with Crippen molar-refractivity contribution in [3.05, 3.63) is 35.0 Å². The average Bonchev–Trinajstić information content (AvgIpc) is 2.79. The van der Waals surface area contributed by atoms with Crippen LogP contribution < -0.4 is 5.32 Å². The van der Waals surface area contributed by atoms with Gasteiger partial charge in [0.25, 0.3) is 0 Å². The van der Waals surface area contributed by atoms with Crippen molar-refractivity contribution in [2.45, 2.75) is 40.0 Å². The van der Waals surface area contributed by atoms with E-state index in [1.54, 1.807) is 0 Å². The zero-order valence-corrected chi connectivity index (χ0v) is 12.9. The van der Waals surface area contributed by atoms with Crippen LogP contribution in [0.1, 0.15) is 36.5 Å². The molecule has 0 aliphatic heterocycles. The number of aryl methyl sites for hydroxylation is 2. The Morgan fingerprint density at radius 2 is 1.86 bits per heavy atom. The molecule has 0 fully saturated rings. The van der Waals surface area contributed by atoms with E-state index in [1.165, 1.54) is 29.0 Å². The van der Waals surface area contributed by atoms with Gasteiger partial charge in [0.05, 0.1) is 0 Å².